The zero-order valence-corrected chi connectivity index (χ0v) is 10.0. The van der Waals surface area contributed by atoms with Crippen molar-refractivity contribution in [2.45, 2.75) is 6.92 Å². The molecule has 4 heteroatoms. The van der Waals surface area contributed by atoms with Crippen molar-refractivity contribution >= 4 is 22.2 Å². The van der Waals surface area contributed by atoms with Crippen LogP contribution in [-0.4, -0.2) is 6.29 Å². The molecule has 0 atom stereocenters. The van der Waals surface area contributed by atoms with Crippen LogP contribution in [0.2, 0.25) is 0 Å². The Morgan fingerprint density at radius 2 is 2.12 bits per heavy atom. The second-order valence-corrected chi connectivity index (χ2v) is 4.26. The highest BCUT2D eigenvalue weighted by Crippen LogP contribution is 2.31. The predicted octanol–water partition coefficient (Wildman–Crippen LogP) is 3.97. The van der Waals surface area contributed by atoms with Crippen molar-refractivity contribution < 1.29 is 13.6 Å². The number of carbonyl (C=O) groups is 1. The molecule has 2 nitrogen and oxygen atoms in total. The van der Waals surface area contributed by atoms with Gasteiger partial charge in [0.25, 0.3) is 0 Å². The number of hydrogen-bond acceptors (Lipinski definition) is 2. The van der Waals surface area contributed by atoms with Gasteiger partial charge in [0.2, 0.25) is 0 Å². The summed E-state index contributed by atoms with van der Waals surface area (Å²) in [5, 5.41) is 0. The molecular weight excluding hydrogens is 275 g/mol. The van der Waals surface area contributed by atoms with Gasteiger partial charge in [0.05, 0.1) is 0 Å². The van der Waals surface area contributed by atoms with Crippen LogP contribution in [0.5, 0.6) is 0 Å². The van der Waals surface area contributed by atoms with Crippen molar-refractivity contribution in [2.75, 3.05) is 0 Å². The molecule has 0 bridgehead atoms. The number of furan rings is 1. The van der Waals surface area contributed by atoms with E-state index >= 15 is 0 Å². The summed E-state index contributed by atoms with van der Waals surface area (Å²) in [6, 6.07) is 6.24. The van der Waals surface area contributed by atoms with E-state index in [-0.39, 0.29) is 11.6 Å². The van der Waals surface area contributed by atoms with Crippen LogP contribution in [0.25, 0.3) is 11.3 Å². The van der Waals surface area contributed by atoms with E-state index in [1.54, 1.807) is 25.1 Å². The Balaban J connectivity index is 2.55. The molecule has 16 heavy (non-hydrogen) atoms. The summed E-state index contributed by atoms with van der Waals surface area (Å²) in [5.74, 6) is 0.387. The minimum Gasteiger partial charge on any atom is -0.453 e. The number of benzene rings is 1. The number of halogens is 2. The van der Waals surface area contributed by atoms with Gasteiger partial charge >= 0.3 is 0 Å². The highest BCUT2D eigenvalue weighted by molar-refractivity contribution is 9.10. The fourth-order valence-electron chi connectivity index (χ4n) is 1.40. The predicted molar refractivity (Wildman–Crippen MR) is 61.9 cm³/mol. The minimum absolute atomic E-state index is 0.225. The Kier molecular flexibility index (Phi) is 2.92. The van der Waals surface area contributed by atoms with Crippen molar-refractivity contribution in [2.24, 2.45) is 0 Å². The third-order valence-electron chi connectivity index (χ3n) is 2.26. The summed E-state index contributed by atoms with van der Waals surface area (Å²) in [6.45, 7) is 1.68. The van der Waals surface area contributed by atoms with Crippen molar-refractivity contribution in [3.05, 3.63) is 45.9 Å². The van der Waals surface area contributed by atoms with Crippen LogP contribution in [0.15, 0.2) is 33.2 Å². The molecule has 82 valence electrons. The third-order valence-corrected chi connectivity index (χ3v) is 2.91. The first-order valence-electron chi connectivity index (χ1n) is 4.63. The van der Waals surface area contributed by atoms with Gasteiger partial charge in [-0.1, -0.05) is 15.9 Å². The van der Waals surface area contributed by atoms with Crippen LogP contribution >= 0.6 is 15.9 Å². The van der Waals surface area contributed by atoms with Crippen LogP contribution in [0.3, 0.4) is 0 Å². The molecule has 0 N–H and O–H groups in total. The average Bonchev–Trinajstić information content (AvgIpc) is 2.71. The van der Waals surface area contributed by atoms with Gasteiger partial charge in [-0.05, 0) is 36.8 Å². The largest absolute Gasteiger partial charge is 0.453 e. The second-order valence-electron chi connectivity index (χ2n) is 3.40. The average molecular weight is 283 g/mol. The lowest BCUT2D eigenvalue weighted by atomic mass is 10.1. The van der Waals surface area contributed by atoms with Crippen molar-refractivity contribution in [1.29, 1.82) is 0 Å². The van der Waals surface area contributed by atoms with E-state index in [9.17, 15) is 9.18 Å². The molecule has 0 fully saturated rings. The van der Waals surface area contributed by atoms with E-state index in [0.717, 1.165) is 4.47 Å². The molecule has 0 aliphatic heterocycles. The Labute approximate surface area is 100 Å². The smallest absolute Gasteiger partial charge is 0.185 e. The van der Waals surface area contributed by atoms with E-state index in [1.165, 1.54) is 6.07 Å². The zero-order chi connectivity index (χ0) is 11.7. The van der Waals surface area contributed by atoms with Crippen LogP contribution in [0.4, 0.5) is 4.39 Å². The molecule has 0 saturated carbocycles. The van der Waals surface area contributed by atoms with E-state index in [2.05, 4.69) is 15.9 Å². The summed E-state index contributed by atoms with van der Waals surface area (Å²) < 4.78 is 19.4. The van der Waals surface area contributed by atoms with Crippen molar-refractivity contribution in [1.82, 2.24) is 0 Å². The van der Waals surface area contributed by atoms with Crippen LogP contribution in [0, 0.1) is 12.7 Å². The third kappa shape index (κ3) is 1.93. The molecule has 2 aromatic rings. The van der Waals surface area contributed by atoms with Crippen molar-refractivity contribution in [3.63, 3.8) is 0 Å². The fraction of sp³-hybridized carbons (Fsp3) is 0.0833. The fourth-order valence-corrected chi connectivity index (χ4v) is 2.05. The summed E-state index contributed by atoms with van der Waals surface area (Å²) in [4.78, 5) is 10.5. The Hall–Kier alpha value is -1.42. The summed E-state index contributed by atoms with van der Waals surface area (Å²) in [6.07, 6.45) is 0.613. The van der Waals surface area contributed by atoms with Crippen LogP contribution < -0.4 is 0 Å². The number of aldehydes is 1. The van der Waals surface area contributed by atoms with Crippen molar-refractivity contribution in [3.8, 4) is 11.3 Å². The number of rotatable bonds is 2. The molecule has 2 rings (SSSR count). The normalized spacial score (nSPS) is 10.4. The molecule has 0 aliphatic carbocycles. The molecule has 0 amide bonds. The first-order valence-corrected chi connectivity index (χ1v) is 5.42. The first-order chi connectivity index (χ1) is 7.61. The lowest BCUT2D eigenvalue weighted by molar-refractivity contribution is 0.110. The topological polar surface area (TPSA) is 30.2 Å². The van der Waals surface area contributed by atoms with Gasteiger partial charge in [-0.25, -0.2) is 4.39 Å². The quantitative estimate of drug-likeness (QED) is 0.781. The summed E-state index contributed by atoms with van der Waals surface area (Å²) >= 11 is 3.33. The van der Waals surface area contributed by atoms with Gasteiger partial charge in [0, 0.05) is 10.0 Å². The number of carbonyl (C=O) groups excluding carboxylic acids is 1. The number of hydrogen-bond donors (Lipinski definition) is 0. The van der Waals surface area contributed by atoms with E-state index < -0.39 is 0 Å². The lowest BCUT2D eigenvalue weighted by Crippen LogP contribution is -1.85. The maximum Gasteiger partial charge on any atom is 0.185 e. The molecule has 1 aromatic heterocycles. The zero-order valence-electron chi connectivity index (χ0n) is 8.46. The maximum atomic E-state index is 13.4. The van der Waals surface area contributed by atoms with E-state index in [0.29, 0.717) is 23.2 Å². The molecular formula is C12H8BrFO2. The monoisotopic (exact) mass is 282 g/mol. The maximum absolute atomic E-state index is 13.4. The molecule has 1 heterocycles. The van der Waals surface area contributed by atoms with E-state index in [1.807, 2.05) is 0 Å². The Morgan fingerprint density at radius 1 is 1.38 bits per heavy atom. The minimum atomic E-state index is -0.303. The molecule has 0 radical (unpaired) electrons. The van der Waals surface area contributed by atoms with Gasteiger partial charge in [0.15, 0.2) is 12.0 Å². The second kappa shape index (κ2) is 4.22. The Morgan fingerprint density at radius 3 is 2.75 bits per heavy atom. The van der Waals surface area contributed by atoms with Gasteiger partial charge in [0.1, 0.15) is 11.6 Å². The van der Waals surface area contributed by atoms with E-state index in [4.69, 9.17) is 4.42 Å². The number of aryl methyl sites for hydroxylation is 1. The SMILES string of the molecule is Cc1cc(Br)c(-c2ccc(C=O)o2)cc1F. The summed E-state index contributed by atoms with van der Waals surface area (Å²) in [7, 11) is 0. The molecule has 0 unspecified atom stereocenters. The van der Waals surface area contributed by atoms with Gasteiger partial charge in [-0.3, -0.25) is 4.79 Å². The molecule has 1 aromatic carbocycles. The molecule has 0 aliphatic rings. The Bertz CT molecular complexity index is 546. The van der Waals surface area contributed by atoms with Gasteiger partial charge < -0.3 is 4.42 Å². The molecule has 0 spiro atoms. The first kappa shape index (κ1) is 11.1. The van der Waals surface area contributed by atoms with Crippen LogP contribution in [0.1, 0.15) is 16.1 Å². The standard InChI is InChI=1S/C12H8BrFO2/c1-7-4-10(13)9(5-11(7)14)12-3-2-8(6-15)16-12/h2-6H,1H3. The lowest BCUT2D eigenvalue weighted by Gasteiger charge is -2.03. The van der Waals surface area contributed by atoms with Crippen LogP contribution in [-0.2, 0) is 0 Å². The van der Waals surface area contributed by atoms with Gasteiger partial charge in [-0.2, -0.15) is 0 Å². The summed E-state index contributed by atoms with van der Waals surface area (Å²) in [5.41, 5.74) is 1.15. The highest BCUT2D eigenvalue weighted by atomic mass is 79.9. The van der Waals surface area contributed by atoms with Gasteiger partial charge in [-0.15, -0.1) is 0 Å². The molecule has 0 saturated heterocycles. The highest BCUT2D eigenvalue weighted by Gasteiger charge is 2.11.